The second kappa shape index (κ2) is 5.29. The topological polar surface area (TPSA) is 47.3 Å². The molecule has 1 saturated heterocycles. The molecular formula is C15H22N2O. The predicted molar refractivity (Wildman–Crippen MR) is 72.8 cm³/mol. The van der Waals surface area contributed by atoms with Gasteiger partial charge in [-0.25, -0.2) is 0 Å². The highest BCUT2D eigenvalue weighted by molar-refractivity contribution is 5.39. The maximum atomic E-state index is 6.34. The molecule has 3 nitrogen and oxygen atoms in total. The van der Waals surface area contributed by atoms with E-state index >= 15 is 0 Å². The quantitative estimate of drug-likeness (QED) is 0.857. The van der Waals surface area contributed by atoms with Crippen LogP contribution in [0.25, 0.3) is 0 Å². The number of hydrogen-bond acceptors (Lipinski definition) is 3. The highest BCUT2D eigenvalue weighted by Crippen LogP contribution is 2.29. The third kappa shape index (κ3) is 2.52. The zero-order chi connectivity index (χ0) is 12.4. The van der Waals surface area contributed by atoms with Crippen molar-refractivity contribution in [1.82, 2.24) is 5.32 Å². The molecule has 1 aromatic rings. The lowest BCUT2D eigenvalue weighted by atomic mass is 9.92. The molecule has 1 aromatic carbocycles. The lowest BCUT2D eigenvalue weighted by Gasteiger charge is -2.21. The lowest BCUT2D eigenvalue weighted by Crippen LogP contribution is -2.18. The van der Waals surface area contributed by atoms with Crippen LogP contribution in [-0.4, -0.2) is 19.7 Å². The molecule has 2 heterocycles. The summed E-state index contributed by atoms with van der Waals surface area (Å²) in [6, 6.07) is 6.65. The van der Waals surface area contributed by atoms with Crippen molar-refractivity contribution < 1.29 is 4.74 Å². The van der Waals surface area contributed by atoms with Crippen molar-refractivity contribution in [3.8, 4) is 5.75 Å². The smallest absolute Gasteiger partial charge is 0.122 e. The average Bonchev–Trinajstić information content (AvgIpc) is 2.91. The van der Waals surface area contributed by atoms with E-state index in [1.54, 1.807) is 0 Å². The molecule has 0 saturated carbocycles. The van der Waals surface area contributed by atoms with E-state index in [1.807, 2.05) is 0 Å². The Balaban J connectivity index is 1.70. The molecular weight excluding hydrogens is 224 g/mol. The predicted octanol–water partition coefficient (Wildman–Crippen LogP) is 2.01. The van der Waals surface area contributed by atoms with E-state index in [0.717, 1.165) is 50.6 Å². The first-order valence-corrected chi connectivity index (χ1v) is 7.05. The van der Waals surface area contributed by atoms with Gasteiger partial charge in [-0.2, -0.15) is 0 Å². The van der Waals surface area contributed by atoms with Gasteiger partial charge >= 0.3 is 0 Å². The molecule has 98 valence electrons. The summed E-state index contributed by atoms with van der Waals surface area (Å²) >= 11 is 0. The molecule has 0 aliphatic carbocycles. The van der Waals surface area contributed by atoms with Gasteiger partial charge < -0.3 is 15.8 Å². The Morgan fingerprint density at radius 3 is 3.22 bits per heavy atom. The minimum atomic E-state index is 0.169. The van der Waals surface area contributed by atoms with Crippen LogP contribution < -0.4 is 15.8 Å². The second-order valence-electron chi connectivity index (χ2n) is 5.52. The number of ether oxygens (including phenoxy) is 1. The molecule has 2 unspecified atom stereocenters. The van der Waals surface area contributed by atoms with Gasteiger partial charge in [-0.05, 0) is 61.9 Å². The highest BCUT2D eigenvalue weighted by Gasteiger charge is 2.20. The number of benzene rings is 1. The van der Waals surface area contributed by atoms with Crippen molar-refractivity contribution in [2.45, 2.75) is 31.7 Å². The van der Waals surface area contributed by atoms with Gasteiger partial charge in [0.25, 0.3) is 0 Å². The van der Waals surface area contributed by atoms with Crippen LogP contribution in [-0.2, 0) is 6.42 Å². The van der Waals surface area contributed by atoms with E-state index in [2.05, 4.69) is 23.5 Å². The van der Waals surface area contributed by atoms with Crippen molar-refractivity contribution in [3.05, 3.63) is 29.3 Å². The fraction of sp³-hybridized carbons (Fsp3) is 0.600. The van der Waals surface area contributed by atoms with Gasteiger partial charge in [-0.3, -0.25) is 0 Å². The Hall–Kier alpha value is -1.06. The molecule has 3 N–H and O–H groups in total. The summed E-state index contributed by atoms with van der Waals surface area (Å²) in [4.78, 5) is 0. The maximum Gasteiger partial charge on any atom is 0.122 e. The molecule has 2 aliphatic rings. The molecule has 0 bridgehead atoms. The number of aryl methyl sites for hydroxylation is 1. The van der Waals surface area contributed by atoms with Crippen LogP contribution in [0, 0.1) is 5.92 Å². The first kappa shape index (κ1) is 12.0. The summed E-state index contributed by atoms with van der Waals surface area (Å²) < 4.78 is 5.64. The van der Waals surface area contributed by atoms with E-state index in [0.29, 0.717) is 0 Å². The van der Waals surface area contributed by atoms with Gasteiger partial charge in [-0.15, -0.1) is 0 Å². The van der Waals surface area contributed by atoms with Gasteiger partial charge in [0.2, 0.25) is 0 Å². The Bertz CT molecular complexity index is 413. The SMILES string of the molecule is NC(CC1CCNC1)c1ccc2c(c1)CCCO2. The summed E-state index contributed by atoms with van der Waals surface area (Å²) in [6.07, 6.45) is 4.60. The molecule has 18 heavy (non-hydrogen) atoms. The first-order valence-electron chi connectivity index (χ1n) is 7.05. The number of hydrogen-bond donors (Lipinski definition) is 2. The molecule has 1 fully saturated rings. The van der Waals surface area contributed by atoms with Gasteiger partial charge in [0.1, 0.15) is 5.75 Å². The molecule has 2 aliphatic heterocycles. The van der Waals surface area contributed by atoms with Crippen LogP contribution in [0.5, 0.6) is 5.75 Å². The summed E-state index contributed by atoms with van der Waals surface area (Å²) in [6.45, 7) is 3.13. The minimum Gasteiger partial charge on any atom is -0.493 e. The molecule has 0 spiro atoms. The number of fused-ring (bicyclic) bond motifs is 1. The summed E-state index contributed by atoms with van der Waals surface area (Å²) in [5.41, 5.74) is 8.94. The third-order valence-electron chi connectivity index (χ3n) is 4.11. The van der Waals surface area contributed by atoms with Crippen molar-refractivity contribution in [2.24, 2.45) is 11.7 Å². The van der Waals surface area contributed by atoms with Crippen LogP contribution in [0.15, 0.2) is 18.2 Å². The maximum absolute atomic E-state index is 6.34. The molecule has 0 aromatic heterocycles. The van der Waals surface area contributed by atoms with E-state index in [9.17, 15) is 0 Å². The lowest BCUT2D eigenvalue weighted by molar-refractivity contribution is 0.288. The minimum absolute atomic E-state index is 0.169. The van der Waals surface area contributed by atoms with Gasteiger partial charge in [0.05, 0.1) is 6.61 Å². The van der Waals surface area contributed by atoms with Gasteiger partial charge in [-0.1, -0.05) is 12.1 Å². The van der Waals surface area contributed by atoms with Crippen molar-refractivity contribution in [1.29, 1.82) is 0 Å². The fourth-order valence-electron chi connectivity index (χ4n) is 3.02. The number of nitrogens with two attached hydrogens (primary N) is 1. The monoisotopic (exact) mass is 246 g/mol. The molecule has 2 atom stereocenters. The molecule has 0 radical (unpaired) electrons. The van der Waals surface area contributed by atoms with Crippen LogP contribution >= 0.6 is 0 Å². The normalized spacial score (nSPS) is 24.4. The fourth-order valence-corrected chi connectivity index (χ4v) is 3.02. The number of nitrogens with one attached hydrogen (secondary N) is 1. The Labute approximate surface area is 109 Å². The highest BCUT2D eigenvalue weighted by atomic mass is 16.5. The first-order chi connectivity index (χ1) is 8.83. The van der Waals surface area contributed by atoms with Crippen molar-refractivity contribution in [3.63, 3.8) is 0 Å². The van der Waals surface area contributed by atoms with Crippen LogP contribution in [0.1, 0.15) is 36.4 Å². The van der Waals surface area contributed by atoms with Crippen LogP contribution in [0.2, 0.25) is 0 Å². The van der Waals surface area contributed by atoms with Gasteiger partial charge in [0.15, 0.2) is 0 Å². The van der Waals surface area contributed by atoms with E-state index in [-0.39, 0.29) is 6.04 Å². The molecule has 0 amide bonds. The average molecular weight is 246 g/mol. The van der Waals surface area contributed by atoms with E-state index < -0.39 is 0 Å². The standard InChI is InChI=1S/C15H22N2O/c16-14(8-11-5-6-17-10-11)12-3-4-15-13(9-12)2-1-7-18-15/h3-4,9,11,14,17H,1-2,5-8,10,16H2. The summed E-state index contributed by atoms with van der Waals surface area (Å²) in [7, 11) is 0. The summed E-state index contributed by atoms with van der Waals surface area (Å²) in [5, 5.41) is 3.40. The zero-order valence-electron chi connectivity index (χ0n) is 10.8. The molecule has 3 rings (SSSR count). The zero-order valence-corrected chi connectivity index (χ0v) is 10.8. The second-order valence-corrected chi connectivity index (χ2v) is 5.52. The van der Waals surface area contributed by atoms with E-state index in [1.165, 1.54) is 17.5 Å². The largest absolute Gasteiger partial charge is 0.493 e. The Kier molecular flexibility index (Phi) is 3.52. The molecule has 3 heteroatoms. The van der Waals surface area contributed by atoms with Crippen molar-refractivity contribution >= 4 is 0 Å². The Morgan fingerprint density at radius 2 is 2.39 bits per heavy atom. The van der Waals surface area contributed by atoms with Crippen LogP contribution in [0.4, 0.5) is 0 Å². The Morgan fingerprint density at radius 1 is 1.44 bits per heavy atom. The summed E-state index contributed by atoms with van der Waals surface area (Å²) in [5.74, 6) is 1.80. The van der Waals surface area contributed by atoms with Crippen molar-refractivity contribution in [2.75, 3.05) is 19.7 Å². The van der Waals surface area contributed by atoms with E-state index in [4.69, 9.17) is 10.5 Å². The number of rotatable bonds is 3. The van der Waals surface area contributed by atoms with Gasteiger partial charge in [0, 0.05) is 6.04 Å². The van der Waals surface area contributed by atoms with Crippen LogP contribution in [0.3, 0.4) is 0 Å². The third-order valence-corrected chi connectivity index (χ3v) is 4.11.